The van der Waals surface area contributed by atoms with Gasteiger partial charge in [-0.25, -0.2) is 4.79 Å². The van der Waals surface area contributed by atoms with Gasteiger partial charge in [0, 0.05) is 22.7 Å². The molecular formula is C9H10ClNO2S. The molecule has 0 aliphatic carbocycles. The first-order valence-electron chi connectivity index (χ1n) is 4.01. The Hall–Kier alpha value is -1.00. The maximum Gasteiger partial charge on any atom is 0.332 e. The van der Waals surface area contributed by atoms with Gasteiger partial charge in [-0.05, 0) is 13.0 Å². The lowest BCUT2D eigenvalue weighted by atomic mass is 10.2. The summed E-state index contributed by atoms with van der Waals surface area (Å²) in [6.07, 6.45) is 1.25. The van der Waals surface area contributed by atoms with E-state index in [2.05, 4.69) is 0 Å². The molecule has 0 bridgehead atoms. The van der Waals surface area contributed by atoms with Gasteiger partial charge < -0.3 is 10.5 Å². The summed E-state index contributed by atoms with van der Waals surface area (Å²) in [5, 5.41) is 1.79. The van der Waals surface area contributed by atoms with Gasteiger partial charge in [-0.15, -0.1) is 11.3 Å². The largest absolute Gasteiger partial charge is 0.463 e. The monoisotopic (exact) mass is 231 g/mol. The van der Waals surface area contributed by atoms with Gasteiger partial charge >= 0.3 is 5.97 Å². The van der Waals surface area contributed by atoms with E-state index in [1.165, 1.54) is 17.4 Å². The molecule has 1 aromatic rings. The Labute approximate surface area is 91.1 Å². The van der Waals surface area contributed by atoms with Crippen molar-refractivity contribution in [3.8, 4) is 0 Å². The maximum absolute atomic E-state index is 11.0. The molecule has 0 saturated heterocycles. The number of rotatable bonds is 3. The first-order valence-corrected chi connectivity index (χ1v) is 5.27. The molecule has 0 radical (unpaired) electrons. The Morgan fingerprint density at radius 3 is 3.00 bits per heavy atom. The first-order chi connectivity index (χ1) is 6.63. The minimum absolute atomic E-state index is 0.340. The van der Waals surface area contributed by atoms with Crippen molar-refractivity contribution >= 4 is 34.6 Å². The summed E-state index contributed by atoms with van der Waals surface area (Å²) in [6, 6.07) is 1.71. The van der Waals surface area contributed by atoms with Crippen molar-refractivity contribution in [1.29, 1.82) is 0 Å². The van der Waals surface area contributed by atoms with Gasteiger partial charge in [0.15, 0.2) is 0 Å². The fourth-order valence-corrected chi connectivity index (χ4v) is 1.75. The molecule has 14 heavy (non-hydrogen) atoms. The third-order valence-corrected chi connectivity index (χ3v) is 2.55. The zero-order valence-corrected chi connectivity index (χ0v) is 9.19. The van der Waals surface area contributed by atoms with Crippen molar-refractivity contribution in [1.82, 2.24) is 0 Å². The van der Waals surface area contributed by atoms with Crippen LogP contribution < -0.4 is 5.73 Å². The molecule has 3 nitrogen and oxygen atoms in total. The number of hydrogen-bond acceptors (Lipinski definition) is 4. The highest BCUT2D eigenvalue weighted by Crippen LogP contribution is 2.23. The smallest absolute Gasteiger partial charge is 0.332 e. The first kappa shape index (κ1) is 11.1. The summed E-state index contributed by atoms with van der Waals surface area (Å²) in [5.41, 5.74) is 6.76. The van der Waals surface area contributed by atoms with Crippen LogP contribution in [0.1, 0.15) is 12.5 Å². The third kappa shape index (κ3) is 3.05. The van der Waals surface area contributed by atoms with Crippen LogP contribution >= 0.6 is 22.9 Å². The summed E-state index contributed by atoms with van der Waals surface area (Å²) in [4.78, 5) is 11.0. The molecule has 76 valence electrons. The van der Waals surface area contributed by atoms with Crippen molar-refractivity contribution in [3.05, 3.63) is 27.4 Å². The van der Waals surface area contributed by atoms with E-state index in [1.54, 1.807) is 18.4 Å². The molecule has 0 aliphatic heterocycles. The zero-order valence-electron chi connectivity index (χ0n) is 7.62. The van der Waals surface area contributed by atoms with Crippen LogP contribution in [0, 0.1) is 0 Å². The number of thiophene rings is 1. The summed E-state index contributed by atoms with van der Waals surface area (Å²) >= 11 is 7.09. The molecule has 5 heteroatoms. The van der Waals surface area contributed by atoms with E-state index in [0.29, 0.717) is 16.6 Å². The molecule has 1 aromatic heterocycles. The Morgan fingerprint density at radius 1 is 1.79 bits per heavy atom. The van der Waals surface area contributed by atoms with E-state index in [4.69, 9.17) is 22.1 Å². The molecule has 0 amide bonds. The van der Waals surface area contributed by atoms with Crippen LogP contribution in [0.4, 0.5) is 0 Å². The number of ether oxygens (including phenoxy) is 1. The van der Waals surface area contributed by atoms with Gasteiger partial charge in [-0.2, -0.15) is 0 Å². The highest BCUT2D eigenvalue weighted by Gasteiger charge is 2.03. The second-order valence-electron chi connectivity index (χ2n) is 2.49. The number of hydrogen-bond donors (Lipinski definition) is 1. The summed E-state index contributed by atoms with van der Waals surface area (Å²) in [7, 11) is 0. The predicted molar refractivity (Wildman–Crippen MR) is 58.1 cm³/mol. The normalized spacial score (nSPS) is 11.4. The van der Waals surface area contributed by atoms with E-state index >= 15 is 0 Å². The van der Waals surface area contributed by atoms with E-state index in [9.17, 15) is 4.79 Å². The number of carbonyl (C=O) groups is 1. The fraction of sp³-hybridized carbons (Fsp3) is 0.222. The van der Waals surface area contributed by atoms with Crippen molar-refractivity contribution < 1.29 is 9.53 Å². The molecule has 0 fully saturated rings. The minimum Gasteiger partial charge on any atom is -0.463 e. The van der Waals surface area contributed by atoms with Gasteiger partial charge in [0.1, 0.15) is 0 Å². The number of carbonyl (C=O) groups excluding carboxylic acids is 1. The summed E-state index contributed by atoms with van der Waals surface area (Å²) in [5.74, 6) is -0.438. The van der Waals surface area contributed by atoms with E-state index in [0.717, 1.165) is 5.56 Å². The van der Waals surface area contributed by atoms with Crippen LogP contribution in [0.25, 0.3) is 5.70 Å². The van der Waals surface area contributed by atoms with Gasteiger partial charge in [-0.3, -0.25) is 0 Å². The topological polar surface area (TPSA) is 52.3 Å². The Balaban J connectivity index is 2.74. The van der Waals surface area contributed by atoms with Crippen LogP contribution in [-0.2, 0) is 9.53 Å². The van der Waals surface area contributed by atoms with Gasteiger partial charge in [0.05, 0.1) is 10.9 Å². The molecule has 0 unspecified atom stereocenters. The second-order valence-corrected chi connectivity index (χ2v) is 4.03. The fourth-order valence-electron chi connectivity index (χ4n) is 0.856. The van der Waals surface area contributed by atoms with Crippen LogP contribution in [-0.4, -0.2) is 12.6 Å². The Bertz CT molecular complexity index is 359. The van der Waals surface area contributed by atoms with Crippen LogP contribution in [0.2, 0.25) is 4.34 Å². The molecule has 1 heterocycles. The Kier molecular flexibility index (Phi) is 3.98. The van der Waals surface area contributed by atoms with Crippen LogP contribution in [0.15, 0.2) is 17.5 Å². The van der Waals surface area contributed by atoms with Crippen molar-refractivity contribution in [3.63, 3.8) is 0 Å². The standard InChI is InChI=1S/C9H10ClNO2S/c1-2-13-9(12)4-7(11)6-3-8(10)14-5-6/h3-5H,2,11H2,1H3/b7-4-. The summed E-state index contributed by atoms with van der Waals surface area (Å²) < 4.78 is 5.35. The predicted octanol–water partition coefficient (Wildman–Crippen LogP) is 2.26. The lowest BCUT2D eigenvalue weighted by molar-refractivity contribution is -0.137. The highest BCUT2D eigenvalue weighted by atomic mass is 35.5. The van der Waals surface area contributed by atoms with Crippen molar-refractivity contribution in [2.24, 2.45) is 5.73 Å². The average Bonchev–Trinajstić information content (AvgIpc) is 2.52. The van der Waals surface area contributed by atoms with Crippen molar-refractivity contribution in [2.75, 3.05) is 6.61 Å². The Morgan fingerprint density at radius 2 is 2.50 bits per heavy atom. The average molecular weight is 232 g/mol. The molecule has 2 N–H and O–H groups in total. The van der Waals surface area contributed by atoms with E-state index in [1.807, 2.05) is 0 Å². The molecular weight excluding hydrogens is 222 g/mol. The highest BCUT2D eigenvalue weighted by molar-refractivity contribution is 7.14. The molecule has 0 aromatic carbocycles. The zero-order chi connectivity index (χ0) is 10.6. The van der Waals surface area contributed by atoms with E-state index in [-0.39, 0.29) is 0 Å². The van der Waals surface area contributed by atoms with Crippen molar-refractivity contribution in [2.45, 2.75) is 6.92 Å². The SMILES string of the molecule is CCOC(=O)/C=C(\N)c1csc(Cl)c1. The molecule has 1 rings (SSSR count). The number of nitrogens with two attached hydrogens (primary N) is 1. The second kappa shape index (κ2) is 5.02. The van der Waals surface area contributed by atoms with Gasteiger partial charge in [0.25, 0.3) is 0 Å². The molecule has 0 atom stereocenters. The molecule has 0 aliphatic rings. The van der Waals surface area contributed by atoms with Gasteiger partial charge in [0.2, 0.25) is 0 Å². The number of esters is 1. The van der Waals surface area contributed by atoms with Crippen LogP contribution in [0.3, 0.4) is 0 Å². The van der Waals surface area contributed by atoms with Crippen LogP contribution in [0.5, 0.6) is 0 Å². The summed E-state index contributed by atoms with van der Waals surface area (Å²) in [6.45, 7) is 2.08. The third-order valence-electron chi connectivity index (χ3n) is 1.46. The van der Waals surface area contributed by atoms with Gasteiger partial charge in [-0.1, -0.05) is 11.6 Å². The molecule has 0 saturated carbocycles. The minimum atomic E-state index is -0.438. The number of halogens is 1. The lowest BCUT2D eigenvalue weighted by Gasteiger charge is -1.98. The quantitative estimate of drug-likeness (QED) is 0.641. The van der Waals surface area contributed by atoms with E-state index < -0.39 is 5.97 Å². The maximum atomic E-state index is 11.0. The lowest BCUT2D eigenvalue weighted by Crippen LogP contribution is -2.04. The molecule has 0 spiro atoms.